The van der Waals surface area contributed by atoms with Gasteiger partial charge in [0, 0.05) is 0 Å². The van der Waals surface area contributed by atoms with E-state index in [1.165, 1.54) is 6.07 Å². The molecule has 12 heavy (non-hydrogen) atoms. The second-order valence-corrected chi connectivity index (χ2v) is 2.37. The van der Waals surface area contributed by atoms with Crippen LogP contribution in [0.4, 0.5) is 13.2 Å². The summed E-state index contributed by atoms with van der Waals surface area (Å²) in [7, 11) is 0. The van der Waals surface area contributed by atoms with Crippen molar-refractivity contribution in [1.29, 1.82) is 0 Å². The maximum absolute atomic E-state index is 12.8. The zero-order valence-corrected chi connectivity index (χ0v) is 6.28. The fourth-order valence-corrected chi connectivity index (χ4v) is 0.914. The van der Waals surface area contributed by atoms with Gasteiger partial charge < -0.3 is 5.73 Å². The normalized spacial score (nSPS) is 10.3. The first-order valence-corrected chi connectivity index (χ1v) is 3.49. The van der Waals surface area contributed by atoms with Gasteiger partial charge in [0.2, 0.25) is 0 Å². The molecular formula is C8H8F3N. The molecule has 1 nitrogen and oxygen atoms in total. The molecule has 1 aromatic rings. The molecule has 2 N–H and O–H groups in total. The van der Waals surface area contributed by atoms with Gasteiger partial charge >= 0.3 is 0 Å². The fraction of sp³-hybridized carbons (Fsp3) is 0.250. The second kappa shape index (κ2) is 3.58. The van der Waals surface area contributed by atoms with E-state index in [1.807, 2.05) is 0 Å². The summed E-state index contributed by atoms with van der Waals surface area (Å²) in [5, 5.41) is 0. The van der Waals surface area contributed by atoms with Crippen LogP contribution in [0.15, 0.2) is 12.1 Å². The lowest BCUT2D eigenvalue weighted by Crippen LogP contribution is -2.06. The Balaban J connectivity index is 3.08. The van der Waals surface area contributed by atoms with Gasteiger partial charge in [-0.25, -0.2) is 13.2 Å². The van der Waals surface area contributed by atoms with Crippen molar-refractivity contribution in [1.82, 2.24) is 0 Å². The molecule has 0 aliphatic heterocycles. The first-order chi connectivity index (χ1) is 5.66. The molecule has 4 heteroatoms. The van der Waals surface area contributed by atoms with Crippen molar-refractivity contribution in [3.05, 3.63) is 35.1 Å². The van der Waals surface area contributed by atoms with E-state index in [2.05, 4.69) is 0 Å². The van der Waals surface area contributed by atoms with Gasteiger partial charge in [-0.2, -0.15) is 0 Å². The number of hydrogen-bond acceptors (Lipinski definition) is 1. The smallest absolute Gasteiger partial charge is 0.194 e. The van der Waals surface area contributed by atoms with E-state index < -0.39 is 17.5 Å². The molecule has 0 aromatic heterocycles. The van der Waals surface area contributed by atoms with E-state index in [9.17, 15) is 13.2 Å². The summed E-state index contributed by atoms with van der Waals surface area (Å²) >= 11 is 0. The minimum Gasteiger partial charge on any atom is -0.330 e. The van der Waals surface area contributed by atoms with Crippen LogP contribution in [0.25, 0.3) is 0 Å². The summed E-state index contributed by atoms with van der Waals surface area (Å²) in [6.07, 6.45) is 0.211. The molecule has 0 aliphatic carbocycles. The summed E-state index contributed by atoms with van der Waals surface area (Å²) < 4.78 is 37.7. The lowest BCUT2D eigenvalue weighted by Gasteiger charge is -2.01. The van der Waals surface area contributed by atoms with Crippen molar-refractivity contribution in [2.24, 2.45) is 5.73 Å². The van der Waals surface area contributed by atoms with Crippen LogP contribution in [0.3, 0.4) is 0 Å². The highest BCUT2D eigenvalue weighted by molar-refractivity contribution is 5.20. The molecule has 1 rings (SSSR count). The third-order valence-corrected chi connectivity index (χ3v) is 1.53. The standard InChI is InChI=1S/C8H8F3N/c9-6-2-1-5(3-4-12)7(10)8(6)11/h1-2H,3-4,12H2. The number of rotatable bonds is 2. The average Bonchev–Trinajstić information content (AvgIpc) is 2.07. The van der Waals surface area contributed by atoms with E-state index in [4.69, 9.17) is 5.73 Å². The van der Waals surface area contributed by atoms with E-state index in [0.717, 1.165) is 6.07 Å². The van der Waals surface area contributed by atoms with Gasteiger partial charge in [-0.3, -0.25) is 0 Å². The Bertz CT molecular complexity index is 286. The highest BCUT2D eigenvalue weighted by Gasteiger charge is 2.11. The van der Waals surface area contributed by atoms with Crippen LogP contribution in [0.5, 0.6) is 0 Å². The molecule has 0 aliphatic rings. The summed E-state index contributed by atoms with van der Waals surface area (Å²) in [6.45, 7) is 0.210. The number of halogens is 3. The highest BCUT2D eigenvalue weighted by Crippen LogP contribution is 2.14. The molecule has 1 aromatic carbocycles. The molecule has 0 amide bonds. The van der Waals surface area contributed by atoms with Gasteiger partial charge in [0.05, 0.1) is 0 Å². The molecule has 66 valence electrons. The fourth-order valence-electron chi connectivity index (χ4n) is 0.914. The number of hydrogen-bond donors (Lipinski definition) is 1. The third-order valence-electron chi connectivity index (χ3n) is 1.53. The Labute approximate surface area is 68.0 Å². The molecular weight excluding hydrogens is 167 g/mol. The zero-order chi connectivity index (χ0) is 9.14. The van der Waals surface area contributed by atoms with Crippen molar-refractivity contribution >= 4 is 0 Å². The average molecular weight is 175 g/mol. The molecule has 0 bridgehead atoms. The van der Waals surface area contributed by atoms with Crippen molar-refractivity contribution in [3.63, 3.8) is 0 Å². The molecule has 0 saturated carbocycles. The highest BCUT2D eigenvalue weighted by atomic mass is 19.2. The molecule has 0 saturated heterocycles. The van der Waals surface area contributed by atoms with Crippen LogP contribution < -0.4 is 5.73 Å². The van der Waals surface area contributed by atoms with Gasteiger partial charge in [-0.1, -0.05) is 6.07 Å². The maximum Gasteiger partial charge on any atom is 0.194 e. The Kier molecular flexibility index (Phi) is 2.70. The maximum atomic E-state index is 12.8. The van der Waals surface area contributed by atoms with E-state index in [-0.39, 0.29) is 18.5 Å². The van der Waals surface area contributed by atoms with Crippen molar-refractivity contribution in [3.8, 4) is 0 Å². The van der Waals surface area contributed by atoms with Gasteiger partial charge in [0.15, 0.2) is 17.5 Å². The Morgan fingerprint density at radius 1 is 1.08 bits per heavy atom. The van der Waals surface area contributed by atoms with Gasteiger partial charge in [0.1, 0.15) is 0 Å². The first-order valence-electron chi connectivity index (χ1n) is 3.49. The molecule has 0 fully saturated rings. The van der Waals surface area contributed by atoms with Gasteiger partial charge in [-0.05, 0) is 24.6 Å². The van der Waals surface area contributed by atoms with Gasteiger partial charge in [-0.15, -0.1) is 0 Å². The molecule has 0 heterocycles. The Morgan fingerprint density at radius 3 is 2.33 bits per heavy atom. The summed E-state index contributed by atoms with van der Waals surface area (Å²) in [4.78, 5) is 0. The van der Waals surface area contributed by atoms with Crippen LogP contribution in [-0.2, 0) is 6.42 Å². The topological polar surface area (TPSA) is 26.0 Å². The summed E-state index contributed by atoms with van der Waals surface area (Å²) in [5.74, 6) is -3.74. The molecule has 0 spiro atoms. The van der Waals surface area contributed by atoms with Gasteiger partial charge in [0.25, 0.3) is 0 Å². The quantitative estimate of drug-likeness (QED) is 0.679. The lowest BCUT2D eigenvalue weighted by molar-refractivity contribution is 0.441. The van der Waals surface area contributed by atoms with Crippen LogP contribution in [-0.4, -0.2) is 6.54 Å². The minimum absolute atomic E-state index is 0.108. The summed E-state index contributed by atoms with van der Waals surface area (Å²) in [6, 6.07) is 2.09. The number of nitrogens with two attached hydrogens (primary N) is 1. The van der Waals surface area contributed by atoms with Crippen molar-refractivity contribution < 1.29 is 13.2 Å². The Morgan fingerprint density at radius 2 is 1.75 bits per heavy atom. The van der Waals surface area contributed by atoms with Crippen molar-refractivity contribution in [2.45, 2.75) is 6.42 Å². The Hall–Kier alpha value is -1.03. The predicted octanol–water partition coefficient (Wildman–Crippen LogP) is 1.61. The van der Waals surface area contributed by atoms with Crippen LogP contribution >= 0.6 is 0 Å². The SMILES string of the molecule is NCCc1ccc(F)c(F)c1F. The predicted molar refractivity (Wildman–Crippen MR) is 39.1 cm³/mol. The minimum atomic E-state index is -1.43. The van der Waals surface area contributed by atoms with E-state index in [1.54, 1.807) is 0 Å². The molecule has 0 atom stereocenters. The molecule has 0 radical (unpaired) electrons. The van der Waals surface area contributed by atoms with Crippen LogP contribution in [0.1, 0.15) is 5.56 Å². The van der Waals surface area contributed by atoms with E-state index in [0.29, 0.717) is 0 Å². The monoisotopic (exact) mass is 175 g/mol. The third kappa shape index (κ3) is 1.58. The largest absolute Gasteiger partial charge is 0.330 e. The van der Waals surface area contributed by atoms with Crippen LogP contribution in [0, 0.1) is 17.5 Å². The second-order valence-electron chi connectivity index (χ2n) is 2.37. The zero-order valence-electron chi connectivity index (χ0n) is 6.28. The van der Waals surface area contributed by atoms with E-state index >= 15 is 0 Å². The molecule has 0 unspecified atom stereocenters. The lowest BCUT2D eigenvalue weighted by atomic mass is 10.1. The number of benzene rings is 1. The van der Waals surface area contributed by atoms with Crippen LogP contribution in [0.2, 0.25) is 0 Å². The first kappa shape index (κ1) is 9.06. The summed E-state index contributed by atoms with van der Waals surface area (Å²) in [5.41, 5.74) is 5.24. The van der Waals surface area contributed by atoms with Crippen molar-refractivity contribution in [2.75, 3.05) is 6.54 Å².